The summed E-state index contributed by atoms with van der Waals surface area (Å²) in [5.74, 6) is 0. The number of rotatable bonds is 5. The van der Waals surface area contributed by atoms with Crippen LogP contribution < -0.4 is 5.73 Å². The van der Waals surface area contributed by atoms with E-state index < -0.39 is 0 Å². The van der Waals surface area contributed by atoms with Crippen LogP contribution in [0.2, 0.25) is 5.02 Å². The molecule has 0 amide bonds. The van der Waals surface area contributed by atoms with Crippen LogP contribution in [0.4, 0.5) is 5.69 Å². The average Bonchev–Trinajstić information content (AvgIpc) is 2.36. The van der Waals surface area contributed by atoms with Gasteiger partial charge in [-0.3, -0.25) is 4.98 Å². The first-order valence-electron chi connectivity index (χ1n) is 6.26. The summed E-state index contributed by atoms with van der Waals surface area (Å²) in [7, 11) is 2.10. The van der Waals surface area contributed by atoms with E-state index in [2.05, 4.69) is 16.9 Å². The fourth-order valence-electron chi connectivity index (χ4n) is 2.03. The average molecular weight is 276 g/mol. The molecule has 0 bridgehead atoms. The molecule has 0 saturated carbocycles. The quantitative estimate of drug-likeness (QED) is 0.853. The topological polar surface area (TPSA) is 42.2 Å². The molecule has 1 heterocycles. The van der Waals surface area contributed by atoms with Crippen LogP contribution in [-0.4, -0.2) is 23.5 Å². The number of benzene rings is 1. The lowest BCUT2D eigenvalue weighted by atomic mass is 10.1. The van der Waals surface area contributed by atoms with Crippen LogP contribution in [0.3, 0.4) is 0 Å². The van der Waals surface area contributed by atoms with E-state index in [-0.39, 0.29) is 0 Å². The molecule has 0 aliphatic rings. The van der Waals surface area contributed by atoms with Crippen LogP contribution in [0.25, 0.3) is 0 Å². The Morgan fingerprint density at radius 2 is 1.89 bits per heavy atom. The van der Waals surface area contributed by atoms with Crippen molar-refractivity contribution in [1.29, 1.82) is 0 Å². The van der Waals surface area contributed by atoms with Gasteiger partial charge in [0.1, 0.15) is 0 Å². The van der Waals surface area contributed by atoms with Crippen molar-refractivity contribution in [2.75, 3.05) is 19.3 Å². The monoisotopic (exact) mass is 275 g/mol. The van der Waals surface area contributed by atoms with Gasteiger partial charge in [0.25, 0.3) is 0 Å². The summed E-state index contributed by atoms with van der Waals surface area (Å²) in [6.07, 6.45) is 4.66. The Hall–Kier alpha value is -1.58. The Kier molecular flexibility index (Phi) is 4.77. The first-order valence-corrected chi connectivity index (χ1v) is 6.63. The van der Waals surface area contributed by atoms with Gasteiger partial charge in [-0.25, -0.2) is 0 Å². The molecule has 4 heteroatoms. The van der Waals surface area contributed by atoms with Crippen molar-refractivity contribution in [3.05, 3.63) is 58.9 Å². The van der Waals surface area contributed by atoms with E-state index in [1.54, 1.807) is 6.07 Å². The van der Waals surface area contributed by atoms with Crippen molar-refractivity contribution >= 4 is 17.3 Å². The van der Waals surface area contributed by atoms with Crippen molar-refractivity contribution in [2.24, 2.45) is 0 Å². The Balaban J connectivity index is 1.89. The van der Waals surface area contributed by atoms with E-state index in [1.165, 1.54) is 5.56 Å². The number of hydrogen-bond acceptors (Lipinski definition) is 3. The molecular weight excluding hydrogens is 258 g/mol. The molecule has 1 aromatic carbocycles. The van der Waals surface area contributed by atoms with Crippen LogP contribution in [0.1, 0.15) is 11.1 Å². The molecule has 19 heavy (non-hydrogen) atoms. The number of likely N-dealkylation sites (N-methyl/N-ethyl adjacent to an activating group) is 1. The molecule has 0 atom stereocenters. The first-order chi connectivity index (χ1) is 9.13. The lowest BCUT2D eigenvalue weighted by molar-refractivity contribution is 0.331. The highest BCUT2D eigenvalue weighted by Gasteiger charge is 2.03. The summed E-state index contributed by atoms with van der Waals surface area (Å²) in [4.78, 5) is 6.27. The van der Waals surface area contributed by atoms with Crippen LogP contribution in [0, 0.1) is 0 Å². The summed E-state index contributed by atoms with van der Waals surface area (Å²) >= 11 is 6.00. The van der Waals surface area contributed by atoms with Crippen LogP contribution in [-0.2, 0) is 13.0 Å². The third-order valence-electron chi connectivity index (χ3n) is 2.96. The smallest absolute Gasteiger partial charge is 0.0429 e. The second-order valence-corrected chi connectivity index (χ2v) is 5.17. The molecule has 0 unspecified atom stereocenters. The number of hydrogen-bond donors (Lipinski definition) is 1. The third kappa shape index (κ3) is 4.54. The summed E-state index contributed by atoms with van der Waals surface area (Å²) in [5, 5.41) is 0.692. The van der Waals surface area contributed by atoms with E-state index in [0.29, 0.717) is 10.7 Å². The highest BCUT2D eigenvalue weighted by Crippen LogP contribution is 2.17. The van der Waals surface area contributed by atoms with Crippen molar-refractivity contribution in [3.8, 4) is 0 Å². The van der Waals surface area contributed by atoms with Crippen molar-refractivity contribution in [3.63, 3.8) is 0 Å². The molecule has 0 aliphatic heterocycles. The van der Waals surface area contributed by atoms with E-state index in [4.69, 9.17) is 17.3 Å². The molecular formula is C15H18ClN3. The predicted octanol–water partition coefficient (Wildman–Crippen LogP) is 2.99. The van der Waals surface area contributed by atoms with Crippen LogP contribution >= 0.6 is 11.6 Å². The van der Waals surface area contributed by atoms with Gasteiger partial charge in [0.05, 0.1) is 0 Å². The maximum absolute atomic E-state index is 6.00. The Labute approximate surface area is 119 Å². The molecule has 2 N–H and O–H groups in total. The molecule has 100 valence electrons. The van der Waals surface area contributed by atoms with Gasteiger partial charge < -0.3 is 10.6 Å². The zero-order chi connectivity index (χ0) is 13.7. The molecule has 0 radical (unpaired) electrons. The highest BCUT2D eigenvalue weighted by atomic mass is 35.5. The van der Waals surface area contributed by atoms with Crippen molar-refractivity contribution in [2.45, 2.75) is 13.0 Å². The van der Waals surface area contributed by atoms with Gasteiger partial charge in [-0.15, -0.1) is 0 Å². The number of nitrogen functional groups attached to an aromatic ring is 1. The molecule has 0 saturated heterocycles. The standard InChI is InChI=1S/C15H18ClN3/c1-19(7-4-12-2-5-18-6-3-12)11-13-8-14(16)10-15(17)9-13/h2-3,5-6,8-10H,4,7,11,17H2,1H3. The van der Waals surface area contributed by atoms with E-state index >= 15 is 0 Å². The molecule has 1 aromatic heterocycles. The zero-order valence-corrected chi connectivity index (χ0v) is 11.8. The minimum atomic E-state index is 0.692. The Morgan fingerprint density at radius 3 is 2.58 bits per heavy atom. The van der Waals surface area contributed by atoms with Gasteiger partial charge in [0.2, 0.25) is 0 Å². The van der Waals surface area contributed by atoms with Gasteiger partial charge in [-0.2, -0.15) is 0 Å². The number of pyridine rings is 1. The summed E-state index contributed by atoms with van der Waals surface area (Å²) in [5.41, 5.74) is 8.94. The maximum Gasteiger partial charge on any atom is 0.0429 e. The Bertz CT molecular complexity index is 508. The first kappa shape index (κ1) is 13.8. The largest absolute Gasteiger partial charge is 0.399 e. The molecule has 0 aliphatic carbocycles. The minimum absolute atomic E-state index is 0.692. The van der Waals surface area contributed by atoms with Gasteiger partial charge in [0, 0.05) is 36.2 Å². The van der Waals surface area contributed by atoms with Gasteiger partial charge in [-0.1, -0.05) is 11.6 Å². The minimum Gasteiger partial charge on any atom is -0.399 e. The van der Waals surface area contributed by atoms with Crippen LogP contribution in [0.15, 0.2) is 42.7 Å². The normalized spacial score (nSPS) is 10.9. The SMILES string of the molecule is CN(CCc1ccncc1)Cc1cc(N)cc(Cl)c1. The van der Waals surface area contributed by atoms with E-state index in [1.807, 2.05) is 36.7 Å². The van der Waals surface area contributed by atoms with Crippen molar-refractivity contribution in [1.82, 2.24) is 9.88 Å². The van der Waals surface area contributed by atoms with E-state index in [9.17, 15) is 0 Å². The number of halogens is 1. The fourth-order valence-corrected chi connectivity index (χ4v) is 2.29. The lowest BCUT2D eigenvalue weighted by Crippen LogP contribution is -2.20. The molecule has 2 rings (SSSR count). The van der Waals surface area contributed by atoms with Gasteiger partial charge >= 0.3 is 0 Å². The van der Waals surface area contributed by atoms with Gasteiger partial charge in [0.15, 0.2) is 0 Å². The molecule has 0 spiro atoms. The van der Waals surface area contributed by atoms with Crippen LogP contribution in [0.5, 0.6) is 0 Å². The lowest BCUT2D eigenvalue weighted by Gasteiger charge is -2.17. The Morgan fingerprint density at radius 1 is 1.16 bits per heavy atom. The second kappa shape index (κ2) is 6.55. The summed E-state index contributed by atoms with van der Waals surface area (Å²) < 4.78 is 0. The van der Waals surface area contributed by atoms with E-state index in [0.717, 1.165) is 25.1 Å². The van der Waals surface area contributed by atoms with Crippen molar-refractivity contribution < 1.29 is 0 Å². The fraction of sp³-hybridized carbons (Fsp3) is 0.267. The van der Waals surface area contributed by atoms with Gasteiger partial charge in [-0.05, 0) is 54.9 Å². The summed E-state index contributed by atoms with van der Waals surface area (Å²) in [6, 6.07) is 9.79. The number of nitrogens with zero attached hydrogens (tertiary/aromatic N) is 2. The highest BCUT2D eigenvalue weighted by molar-refractivity contribution is 6.30. The molecule has 2 aromatic rings. The number of anilines is 1. The number of nitrogens with two attached hydrogens (primary N) is 1. The maximum atomic E-state index is 6.00. The predicted molar refractivity (Wildman–Crippen MR) is 80.1 cm³/mol. The molecule has 3 nitrogen and oxygen atoms in total. The molecule has 0 fully saturated rings. The third-order valence-corrected chi connectivity index (χ3v) is 3.18. The number of aromatic nitrogens is 1. The second-order valence-electron chi connectivity index (χ2n) is 4.74. The zero-order valence-electron chi connectivity index (χ0n) is 11.0. The summed E-state index contributed by atoms with van der Waals surface area (Å²) in [6.45, 7) is 1.83.